The van der Waals surface area contributed by atoms with E-state index in [1.54, 1.807) is 0 Å². The topological polar surface area (TPSA) is 49.3 Å². The molecule has 1 saturated heterocycles. The third-order valence-electron chi connectivity index (χ3n) is 4.77. The minimum absolute atomic E-state index is 0.348. The fourth-order valence-corrected chi connectivity index (χ4v) is 2.67. The smallest absolute Gasteiger partial charge is 0.399 e. The first-order chi connectivity index (χ1) is 10.8. The predicted molar refractivity (Wildman–Crippen MR) is 90.0 cm³/mol. The molecule has 124 valence electrons. The van der Waals surface area contributed by atoms with Crippen LogP contribution in [0, 0.1) is 0 Å². The average molecular weight is 317 g/mol. The molecule has 0 atom stereocenters. The maximum Gasteiger partial charge on any atom is 0.494 e. The van der Waals surface area contributed by atoms with Crippen LogP contribution in [0.2, 0.25) is 0 Å². The van der Waals surface area contributed by atoms with Crippen molar-refractivity contribution in [3.63, 3.8) is 0 Å². The number of benzene rings is 1. The van der Waals surface area contributed by atoms with E-state index in [0.29, 0.717) is 19.8 Å². The Morgan fingerprint density at radius 2 is 1.83 bits per heavy atom. The summed E-state index contributed by atoms with van der Waals surface area (Å²) in [5.41, 5.74) is 3.27. The van der Waals surface area contributed by atoms with Crippen LogP contribution in [-0.4, -0.2) is 37.2 Å². The van der Waals surface area contributed by atoms with E-state index in [1.807, 2.05) is 13.0 Å². The van der Waals surface area contributed by atoms with Crippen molar-refractivity contribution in [3.05, 3.63) is 29.3 Å². The monoisotopic (exact) mass is 317 g/mol. The van der Waals surface area contributed by atoms with Gasteiger partial charge in [0, 0.05) is 5.56 Å². The second-order valence-corrected chi connectivity index (χ2v) is 6.95. The number of hydrogen-bond donors (Lipinski definition) is 0. The Balaban J connectivity index is 1.92. The number of nitrogens with zero attached hydrogens (tertiary/aromatic N) is 1. The highest BCUT2D eigenvalue weighted by atomic mass is 16.7. The van der Waals surface area contributed by atoms with Crippen LogP contribution in [0.15, 0.2) is 23.4 Å². The lowest BCUT2D eigenvalue weighted by atomic mass is 9.77. The van der Waals surface area contributed by atoms with Crippen molar-refractivity contribution in [2.45, 2.75) is 52.4 Å². The van der Waals surface area contributed by atoms with Gasteiger partial charge in [-0.3, -0.25) is 0 Å². The summed E-state index contributed by atoms with van der Waals surface area (Å²) in [4.78, 5) is 5.21. The van der Waals surface area contributed by atoms with Gasteiger partial charge in [-0.15, -0.1) is 0 Å². The standard InChI is InChI=1S/C17H24BNO4/c1-6-21-19-15-11-20-10-12-7-8-13(9-14(12)15)18-22-16(2,3)17(4,5)23-18/h7-9H,6,10-11H2,1-5H3/b19-15+. The second-order valence-electron chi connectivity index (χ2n) is 6.95. The van der Waals surface area contributed by atoms with Gasteiger partial charge in [-0.25, -0.2) is 0 Å². The molecule has 0 aromatic heterocycles. The molecule has 6 heteroatoms. The van der Waals surface area contributed by atoms with E-state index >= 15 is 0 Å². The van der Waals surface area contributed by atoms with E-state index in [1.165, 1.54) is 0 Å². The Hall–Kier alpha value is -1.37. The molecule has 0 spiro atoms. The van der Waals surface area contributed by atoms with E-state index in [-0.39, 0.29) is 18.3 Å². The molecular formula is C17H24BNO4. The molecule has 0 amide bonds. The highest BCUT2D eigenvalue weighted by molar-refractivity contribution is 6.62. The molecule has 0 N–H and O–H groups in total. The number of rotatable bonds is 3. The fourth-order valence-electron chi connectivity index (χ4n) is 2.67. The second kappa shape index (κ2) is 5.93. The highest BCUT2D eigenvalue weighted by Gasteiger charge is 2.51. The van der Waals surface area contributed by atoms with Gasteiger partial charge in [0.05, 0.1) is 24.4 Å². The fraction of sp³-hybridized carbons (Fsp3) is 0.588. The van der Waals surface area contributed by atoms with Crippen LogP contribution < -0.4 is 5.46 Å². The van der Waals surface area contributed by atoms with Crippen molar-refractivity contribution in [2.24, 2.45) is 5.16 Å². The third kappa shape index (κ3) is 3.03. The largest absolute Gasteiger partial charge is 0.494 e. The van der Waals surface area contributed by atoms with Crippen molar-refractivity contribution in [1.82, 2.24) is 0 Å². The molecule has 3 rings (SSSR count). The van der Waals surface area contributed by atoms with Gasteiger partial charge in [0.1, 0.15) is 12.3 Å². The summed E-state index contributed by atoms with van der Waals surface area (Å²) in [7, 11) is -0.374. The molecule has 0 radical (unpaired) electrons. The Bertz CT molecular complexity index is 611. The third-order valence-corrected chi connectivity index (χ3v) is 4.77. The summed E-state index contributed by atoms with van der Waals surface area (Å²) in [5.74, 6) is 0. The number of oxime groups is 1. The van der Waals surface area contributed by atoms with Gasteiger partial charge in [0.15, 0.2) is 0 Å². The van der Waals surface area contributed by atoms with Crippen LogP contribution in [0.1, 0.15) is 45.7 Å². The van der Waals surface area contributed by atoms with Crippen LogP contribution >= 0.6 is 0 Å². The summed E-state index contributed by atoms with van der Waals surface area (Å²) in [6.45, 7) is 11.7. The molecule has 0 bridgehead atoms. The maximum absolute atomic E-state index is 6.13. The lowest BCUT2D eigenvalue weighted by Gasteiger charge is -2.32. The minimum atomic E-state index is -0.374. The summed E-state index contributed by atoms with van der Waals surface area (Å²) in [6, 6.07) is 6.17. The Morgan fingerprint density at radius 3 is 2.48 bits per heavy atom. The zero-order valence-corrected chi connectivity index (χ0v) is 14.5. The van der Waals surface area contributed by atoms with E-state index in [9.17, 15) is 0 Å². The van der Waals surface area contributed by atoms with Gasteiger partial charge in [-0.2, -0.15) is 0 Å². The first kappa shape index (κ1) is 16.5. The minimum Gasteiger partial charge on any atom is -0.399 e. The van der Waals surface area contributed by atoms with E-state index in [4.69, 9.17) is 18.9 Å². The molecule has 2 heterocycles. The molecular weight excluding hydrogens is 293 g/mol. The molecule has 1 aromatic carbocycles. The SMILES string of the molecule is CCO/N=C1\COCc2ccc(B3OC(C)(C)C(C)(C)O3)cc21. The molecule has 1 aromatic rings. The van der Waals surface area contributed by atoms with Gasteiger partial charge >= 0.3 is 7.12 Å². The summed E-state index contributed by atoms with van der Waals surface area (Å²) < 4.78 is 17.8. The van der Waals surface area contributed by atoms with Crippen LogP contribution in [0.3, 0.4) is 0 Å². The molecule has 5 nitrogen and oxygen atoms in total. The zero-order chi connectivity index (χ0) is 16.7. The molecule has 2 aliphatic heterocycles. The van der Waals surface area contributed by atoms with Gasteiger partial charge in [0.25, 0.3) is 0 Å². The van der Waals surface area contributed by atoms with Crippen LogP contribution in [-0.2, 0) is 25.5 Å². The number of fused-ring (bicyclic) bond motifs is 1. The van der Waals surface area contributed by atoms with Crippen molar-refractivity contribution in [3.8, 4) is 0 Å². The number of hydrogen-bond acceptors (Lipinski definition) is 5. The lowest BCUT2D eigenvalue weighted by molar-refractivity contribution is 0.00578. The molecule has 2 aliphatic rings. The summed E-state index contributed by atoms with van der Waals surface area (Å²) in [5, 5.41) is 4.18. The van der Waals surface area contributed by atoms with Crippen LogP contribution in [0.25, 0.3) is 0 Å². The molecule has 23 heavy (non-hydrogen) atoms. The molecule has 0 saturated carbocycles. The van der Waals surface area contributed by atoms with Crippen molar-refractivity contribution < 1.29 is 18.9 Å². The quantitative estimate of drug-likeness (QED) is 0.634. The van der Waals surface area contributed by atoms with Gasteiger partial charge in [-0.1, -0.05) is 23.4 Å². The predicted octanol–water partition coefficient (Wildman–Crippen LogP) is 2.26. The van der Waals surface area contributed by atoms with Gasteiger partial charge in [0.2, 0.25) is 0 Å². The molecule has 0 unspecified atom stereocenters. The van der Waals surface area contributed by atoms with Crippen molar-refractivity contribution in [1.29, 1.82) is 0 Å². The highest BCUT2D eigenvalue weighted by Crippen LogP contribution is 2.36. The first-order valence-corrected chi connectivity index (χ1v) is 8.09. The van der Waals surface area contributed by atoms with E-state index in [0.717, 1.165) is 22.3 Å². The van der Waals surface area contributed by atoms with Gasteiger partial charge < -0.3 is 18.9 Å². The Labute approximate surface area is 138 Å². The Kier molecular flexibility index (Phi) is 4.25. The zero-order valence-electron chi connectivity index (χ0n) is 14.5. The lowest BCUT2D eigenvalue weighted by Crippen LogP contribution is -2.41. The molecule has 0 aliphatic carbocycles. The molecule has 1 fully saturated rings. The van der Waals surface area contributed by atoms with E-state index < -0.39 is 0 Å². The maximum atomic E-state index is 6.13. The summed E-state index contributed by atoms with van der Waals surface area (Å²) >= 11 is 0. The van der Waals surface area contributed by atoms with Crippen molar-refractivity contribution in [2.75, 3.05) is 13.2 Å². The van der Waals surface area contributed by atoms with E-state index in [2.05, 4.69) is 45.0 Å². The first-order valence-electron chi connectivity index (χ1n) is 8.09. The van der Waals surface area contributed by atoms with Crippen molar-refractivity contribution >= 4 is 18.3 Å². The summed E-state index contributed by atoms with van der Waals surface area (Å²) in [6.07, 6.45) is 0. The average Bonchev–Trinajstić information content (AvgIpc) is 2.73. The van der Waals surface area contributed by atoms with Crippen LogP contribution in [0.5, 0.6) is 0 Å². The Morgan fingerprint density at radius 1 is 1.13 bits per heavy atom. The number of ether oxygens (including phenoxy) is 1. The normalized spacial score (nSPS) is 23.9. The van der Waals surface area contributed by atoms with Gasteiger partial charge in [-0.05, 0) is 45.6 Å². The van der Waals surface area contributed by atoms with Crippen LogP contribution in [0.4, 0.5) is 0 Å².